The van der Waals surface area contributed by atoms with E-state index in [-0.39, 0.29) is 5.82 Å². The number of anilines is 1. The van der Waals surface area contributed by atoms with E-state index in [0.29, 0.717) is 30.5 Å². The number of benzene rings is 1. The lowest BCUT2D eigenvalue weighted by molar-refractivity contribution is -0.107. The number of nitrogens with one attached hydrogen (secondary N) is 1. The van der Waals surface area contributed by atoms with Gasteiger partial charge in [-0.2, -0.15) is 0 Å². The lowest BCUT2D eigenvalue weighted by Gasteiger charge is -2.19. The zero-order valence-corrected chi connectivity index (χ0v) is 12.0. The van der Waals surface area contributed by atoms with E-state index in [1.54, 1.807) is 26.8 Å². The number of carbonyl (C=O) groups excluding carboxylic acids is 2. The van der Waals surface area contributed by atoms with Gasteiger partial charge >= 0.3 is 6.09 Å². The first-order valence-corrected chi connectivity index (χ1v) is 6.54. The van der Waals surface area contributed by atoms with Crippen LogP contribution in [0.15, 0.2) is 18.2 Å². The number of aryl methyl sites for hydroxylation is 1. The van der Waals surface area contributed by atoms with Crippen molar-refractivity contribution < 1.29 is 18.7 Å². The molecule has 1 amide bonds. The summed E-state index contributed by atoms with van der Waals surface area (Å²) < 4.78 is 18.7. The van der Waals surface area contributed by atoms with E-state index < -0.39 is 11.7 Å². The van der Waals surface area contributed by atoms with Gasteiger partial charge in [0, 0.05) is 12.1 Å². The maximum absolute atomic E-state index is 13.6. The van der Waals surface area contributed by atoms with Gasteiger partial charge in [-0.15, -0.1) is 0 Å². The minimum atomic E-state index is -0.586. The highest BCUT2D eigenvalue weighted by molar-refractivity contribution is 5.84. The van der Waals surface area contributed by atoms with E-state index in [2.05, 4.69) is 5.32 Å². The number of unbranched alkanes of at least 4 members (excludes halogenated alkanes) is 1. The molecule has 5 heteroatoms. The van der Waals surface area contributed by atoms with Crippen molar-refractivity contribution >= 4 is 18.1 Å². The number of carbonyl (C=O) groups is 2. The molecule has 0 aliphatic heterocycles. The van der Waals surface area contributed by atoms with Crippen LogP contribution in [0.1, 0.15) is 39.2 Å². The van der Waals surface area contributed by atoms with Gasteiger partial charge in [-0.05, 0) is 57.4 Å². The Hall–Kier alpha value is -1.91. The van der Waals surface area contributed by atoms with Crippen molar-refractivity contribution in [2.24, 2.45) is 0 Å². The largest absolute Gasteiger partial charge is 0.444 e. The van der Waals surface area contributed by atoms with Gasteiger partial charge in [-0.25, -0.2) is 9.18 Å². The number of hydrogen-bond acceptors (Lipinski definition) is 3. The normalized spacial score (nSPS) is 11.0. The summed E-state index contributed by atoms with van der Waals surface area (Å²) in [6, 6.07) is 4.33. The average molecular weight is 281 g/mol. The molecule has 0 saturated carbocycles. The highest BCUT2D eigenvalue weighted by atomic mass is 19.1. The Morgan fingerprint density at radius 3 is 2.70 bits per heavy atom. The molecule has 0 aliphatic carbocycles. The van der Waals surface area contributed by atoms with Gasteiger partial charge in [-0.1, -0.05) is 0 Å². The Balaban J connectivity index is 2.69. The molecule has 0 atom stereocenters. The fourth-order valence-electron chi connectivity index (χ4n) is 1.64. The second kappa shape index (κ2) is 7.03. The smallest absolute Gasteiger partial charge is 0.412 e. The lowest BCUT2D eigenvalue weighted by atomic mass is 10.1. The number of hydrogen-bond donors (Lipinski definition) is 1. The van der Waals surface area contributed by atoms with Crippen LogP contribution in [0.25, 0.3) is 0 Å². The van der Waals surface area contributed by atoms with E-state index >= 15 is 0 Å². The molecule has 4 nitrogen and oxygen atoms in total. The standard InChI is InChI=1S/C15H20FNO3/c1-15(2,3)20-14(19)17-12-7-8-13(16)11(10-12)6-4-5-9-18/h7-10H,4-6H2,1-3H3,(H,17,19). The summed E-state index contributed by atoms with van der Waals surface area (Å²) in [5.41, 5.74) is 0.360. The molecule has 0 fully saturated rings. The SMILES string of the molecule is CC(C)(C)OC(=O)Nc1ccc(F)c(CCCC=O)c1. The zero-order valence-electron chi connectivity index (χ0n) is 12.0. The summed E-state index contributed by atoms with van der Waals surface area (Å²) in [6.45, 7) is 5.30. The molecule has 0 radical (unpaired) electrons. The first-order valence-electron chi connectivity index (χ1n) is 6.54. The summed E-state index contributed by atoms with van der Waals surface area (Å²) >= 11 is 0. The van der Waals surface area contributed by atoms with Gasteiger partial charge in [-0.3, -0.25) is 5.32 Å². The Morgan fingerprint density at radius 1 is 1.40 bits per heavy atom. The van der Waals surface area contributed by atoms with Crippen LogP contribution in [0.5, 0.6) is 0 Å². The first kappa shape index (κ1) is 16.1. The van der Waals surface area contributed by atoms with Crippen LogP contribution < -0.4 is 5.32 Å². The number of halogens is 1. The molecule has 0 saturated heterocycles. The van der Waals surface area contributed by atoms with Gasteiger partial charge in [0.05, 0.1) is 0 Å². The first-order chi connectivity index (χ1) is 9.31. The van der Waals surface area contributed by atoms with Gasteiger partial charge < -0.3 is 9.53 Å². The maximum atomic E-state index is 13.6. The second-order valence-corrected chi connectivity index (χ2v) is 5.49. The third-order valence-electron chi connectivity index (χ3n) is 2.46. The summed E-state index contributed by atoms with van der Waals surface area (Å²) in [4.78, 5) is 21.9. The van der Waals surface area contributed by atoms with Crippen LogP contribution in [0.3, 0.4) is 0 Å². The van der Waals surface area contributed by atoms with Gasteiger partial charge in [0.25, 0.3) is 0 Å². The average Bonchev–Trinajstić information content (AvgIpc) is 2.31. The quantitative estimate of drug-likeness (QED) is 0.661. The predicted octanol–water partition coefficient (Wildman–Crippen LogP) is 3.69. The van der Waals surface area contributed by atoms with Crippen molar-refractivity contribution in [3.63, 3.8) is 0 Å². The third kappa shape index (κ3) is 5.82. The molecule has 1 aromatic carbocycles. The molecule has 20 heavy (non-hydrogen) atoms. The van der Waals surface area contributed by atoms with E-state index in [0.717, 1.165) is 6.29 Å². The van der Waals surface area contributed by atoms with Crippen molar-refractivity contribution in [2.45, 2.75) is 45.6 Å². The third-order valence-corrected chi connectivity index (χ3v) is 2.46. The number of rotatable bonds is 5. The Bertz CT molecular complexity index is 480. The fraction of sp³-hybridized carbons (Fsp3) is 0.467. The maximum Gasteiger partial charge on any atom is 0.412 e. The molecule has 0 bridgehead atoms. The molecule has 0 spiro atoms. The highest BCUT2D eigenvalue weighted by Crippen LogP contribution is 2.18. The molecule has 1 N–H and O–H groups in total. The molecular formula is C15H20FNO3. The molecule has 1 aromatic rings. The predicted molar refractivity (Wildman–Crippen MR) is 75.3 cm³/mol. The molecular weight excluding hydrogens is 261 g/mol. The van der Waals surface area contributed by atoms with E-state index in [9.17, 15) is 14.0 Å². The summed E-state index contributed by atoms with van der Waals surface area (Å²) in [5, 5.41) is 2.56. The zero-order chi connectivity index (χ0) is 15.2. The van der Waals surface area contributed by atoms with Crippen LogP contribution in [0.4, 0.5) is 14.9 Å². The summed E-state index contributed by atoms with van der Waals surface area (Å²) in [6.07, 6.45) is 1.65. The molecule has 0 heterocycles. The minimum Gasteiger partial charge on any atom is -0.444 e. The molecule has 110 valence electrons. The van der Waals surface area contributed by atoms with Crippen molar-refractivity contribution in [3.8, 4) is 0 Å². The van der Waals surface area contributed by atoms with Crippen molar-refractivity contribution in [3.05, 3.63) is 29.6 Å². The van der Waals surface area contributed by atoms with E-state index in [4.69, 9.17) is 4.74 Å². The molecule has 0 unspecified atom stereocenters. The summed E-state index contributed by atoms with van der Waals surface area (Å²) in [7, 11) is 0. The van der Waals surface area contributed by atoms with E-state index in [1.807, 2.05) is 0 Å². The van der Waals surface area contributed by atoms with Crippen molar-refractivity contribution in [1.82, 2.24) is 0 Å². The van der Waals surface area contributed by atoms with Gasteiger partial charge in [0.15, 0.2) is 0 Å². The lowest BCUT2D eigenvalue weighted by Crippen LogP contribution is -2.27. The second-order valence-electron chi connectivity index (χ2n) is 5.49. The van der Waals surface area contributed by atoms with Crippen LogP contribution in [0.2, 0.25) is 0 Å². The fourth-order valence-corrected chi connectivity index (χ4v) is 1.64. The molecule has 0 aromatic heterocycles. The Kier molecular flexibility index (Phi) is 5.67. The Labute approximate surface area is 118 Å². The highest BCUT2D eigenvalue weighted by Gasteiger charge is 2.16. The topological polar surface area (TPSA) is 55.4 Å². The van der Waals surface area contributed by atoms with Gasteiger partial charge in [0.2, 0.25) is 0 Å². The number of ether oxygens (including phenoxy) is 1. The Morgan fingerprint density at radius 2 is 2.10 bits per heavy atom. The molecule has 1 rings (SSSR count). The molecule has 0 aliphatic rings. The van der Waals surface area contributed by atoms with Crippen LogP contribution >= 0.6 is 0 Å². The van der Waals surface area contributed by atoms with Crippen molar-refractivity contribution in [1.29, 1.82) is 0 Å². The van der Waals surface area contributed by atoms with E-state index in [1.165, 1.54) is 12.1 Å². The van der Waals surface area contributed by atoms with Crippen LogP contribution in [-0.2, 0) is 16.0 Å². The number of aldehydes is 1. The number of amides is 1. The monoisotopic (exact) mass is 281 g/mol. The van der Waals surface area contributed by atoms with Crippen LogP contribution in [0, 0.1) is 5.82 Å². The van der Waals surface area contributed by atoms with Crippen LogP contribution in [-0.4, -0.2) is 18.0 Å². The van der Waals surface area contributed by atoms with Gasteiger partial charge in [0.1, 0.15) is 17.7 Å². The summed E-state index contributed by atoms with van der Waals surface area (Å²) in [5.74, 6) is -0.342. The minimum absolute atomic E-state index is 0.342. The van der Waals surface area contributed by atoms with Crippen molar-refractivity contribution in [2.75, 3.05) is 5.32 Å².